The van der Waals surface area contributed by atoms with Crippen LogP contribution >= 0.6 is 11.6 Å². The third kappa shape index (κ3) is 4.99. The first-order valence-electron chi connectivity index (χ1n) is 8.56. The maximum Gasteiger partial charge on any atom is 0.261 e. The Balaban J connectivity index is 1.65. The molecule has 1 aliphatic rings. The molecule has 1 fully saturated rings. The lowest BCUT2D eigenvalue weighted by atomic mass is 10.1. The van der Waals surface area contributed by atoms with E-state index < -0.39 is 10.0 Å². The minimum Gasteiger partial charge on any atom is -0.349 e. The maximum absolute atomic E-state index is 12.5. The zero-order valence-corrected chi connectivity index (χ0v) is 15.8. The summed E-state index contributed by atoms with van der Waals surface area (Å²) in [7, 11) is -3.67. The topological polar surface area (TPSA) is 75.3 Å². The van der Waals surface area contributed by atoms with Gasteiger partial charge >= 0.3 is 0 Å². The van der Waals surface area contributed by atoms with Gasteiger partial charge in [-0.15, -0.1) is 11.6 Å². The molecule has 1 amide bonds. The fourth-order valence-corrected chi connectivity index (χ4v) is 3.70. The number of halogens is 1. The van der Waals surface area contributed by atoms with E-state index in [9.17, 15) is 13.2 Å². The van der Waals surface area contributed by atoms with Gasteiger partial charge in [0.15, 0.2) is 0 Å². The second kappa shape index (κ2) is 8.10. The minimum absolute atomic E-state index is 0.130. The van der Waals surface area contributed by atoms with Gasteiger partial charge in [-0.2, -0.15) is 0 Å². The first-order valence-corrected chi connectivity index (χ1v) is 10.6. The van der Waals surface area contributed by atoms with E-state index in [1.165, 1.54) is 0 Å². The number of hydrogen-bond acceptors (Lipinski definition) is 3. The second-order valence-corrected chi connectivity index (χ2v) is 8.43. The number of benzene rings is 2. The molecule has 2 aromatic rings. The second-order valence-electron chi connectivity index (χ2n) is 6.37. The maximum atomic E-state index is 12.5. The van der Waals surface area contributed by atoms with Crippen molar-refractivity contribution in [2.45, 2.75) is 36.6 Å². The van der Waals surface area contributed by atoms with Gasteiger partial charge in [0.05, 0.1) is 4.90 Å². The first-order chi connectivity index (χ1) is 12.5. The molecule has 0 unspecified atom stereocenters. The summed E-state index contributed by atoms with van der Waals surface area (Å²) in [4.78, 5) is 12.2. The summed E-state index contributed by atoms with van der Waals surface area (Å²) in [6.07, 6.45) is 3.72. The molecule has 0 bridgehead atoms. The van der Waals surface area contributed by atoms with Crippen molar-refractivity contribution in [2.24, 2.45) is 0 Å². The number of alkyl halides is 1. The van der Waals surface area contributed by atoms with Crippen LogP contribution in [-0.4, -0.2) is 26.2 Å². The average Bonchev–Trinajstić information content (AvgIpc) is 3.44. The van der Waals surface area contributed by atoms with Crippen molar-refractivity contribution in [3.05, 3.63) is 59.7 Å². The fourth-order valence-electron chi connectivity index (χ4n) is 2.51. The Morgan fingerprint density at radius 3 is 2.27 bits per heavy atom. The van der Waals surface area contributed by atoms with E-state index in [0.717, 1.165) is 31.2 Å². The van der Waals surface area contributed by atoms with Crippen molar-refractivity contribution in [3.8, 4) is 0 Å². The van der Waals surface area contributed by atoms with Crippen LogP contribution in [0.2, 0.25) is 0 Å². The summed E-state index contributed by atoms with van der Waals surface area (Å²) in [5.74, 6) is 0.449. The molecule has 138 valence electrons. The van der Waals surface area contributed by atoms with Crippen molar-refractivity contribution in [1.82, 2.24) is 5.32 Å². The van der Waals surface area contributed by atoms with Crippen molar-refractivity contribution in [3.63, 3.8) is 0 Å². The van der Waals surface area contributed by atoms with Crippen LogP contribution in [0.25, 0.3) is 0 Å². The number of nitrogens with one attached hydrogen (secondary N) is 2. The predicted molar refractivity (Wildman–Crippen MR) is 103 cm³/mol. The molecule has 0 aromatic heterocycles. The minimum atomic E-state index is -3.67. The lowest BCUT2D eigenvalue weighted by molar-refractivity contribution is 0.0951. The van der Waals surface area contributed by atoms with Crippen LogP contribution in [0.3, 0.4) is 0 Å². The third-order valence-electron chi connectivity index (χ3n) is 4.14. The van der Waals surface area contributed by atoms with E-state index in [0.29, 0.717) is 17.1 Å². The lowest BCUT2D eigenvalue weighted by Crippen LogP contribution is -2.25. The summed E-state index contributed by atoms with van der Waals surface area (Å²) in [6, 6.07) is 13.5. The molecule has 7 heteroatoms. The summed E-state index contributed by atoms with van der Waals surface area (Å²) < 4.78 is 27.5. The molecule has 0 heterocycles. The number of hydrogen-bond donors (Lipinski definition) is 2. The van der Waals surface area contributed by atoms with Crippen LogP contribution in [-0.2, 0) is 16.4 Å². The zero-order chi connectivity index (χ0) is 18.6. The van der Waals surface area contributed by atoms with Gasteiger partial charge in [0.2, 0.25) is 0 Å². The highest BCUT2D eigenvalue weighted by atomic mass is 35.5. The number of carbonyl (C=O) groups is 1. The number of anilines is 1. The van der Waals surface area contributed by atoms with Crippen LogP contribution in [0, 0.1) is 0 Å². The quantitative estimate of drug-likeness (QED) is 0.674. The van der Waals surface area contributed by atoms with E-state index in [1.54, 1.807) is 48.5 Å². The standard InChI is InChI=1S/C19H21ClN2O3S/c20-13-1-2-14-3-11-18(12-4-14)26(24,25)22-17-7-5-15(6-8-17)19(23)21-16-9-10-16/h3-8,11-12,16,22H,1-2,9-10,13H2,(H,21,23). The Hall–Kier alpha value is -2.05. The highest BCUT2D eigenvalue weighted by Gasteiger charge is 2.23. The molecule has 0 radical (unpaired) electrons. The van der Waals surface area contributed by atoms with Gasteiger partial charge in [0.1, 0.15) is 0 Å². The molecule has 0 aliphatic heterocycles. The van der Waals surface area contributed by atoms with Crippen molar-refractivity contribution < 1.29 is 13.2 Å². The monoisotopic (exact) mass is 392 g/mol. The molecule has 3 rings (SSSR count). The van der Waals surface area contributed by atoms with Crippen LogP contribution in [0.5, 0.6) is 0 Å². The normalized spacial score (nSPS) is 14.0. The zero-order valence-electron chi connectivity index (χ0n) is 14.2. The molecule has 0 spiro atoms. The SMILES string of the molecule is O=C(NC1CC1)c1ccc(NS(=O)(=O)c2ccc(CCCCl)cc2)cc1. The number of amides is 1. The summed E-state index contributed by atoms with van der Waals surface area (Å²) >= 11 is 5.67. The van der Waals surface area contributed by atoms with Gasteiger partial charge < -0.3 is 5.32 Å². The average molecular weight is 393 g/mol. The summed E-state index contributed by atoms with van der Waals surface area (Å²) in [5, 5.41) is 2.90. The van der Waals surface area contributed by atoms with Gasteiger partial charge in [0.25, 0.3) is 15.9 Å². The number of aryl methyl sites for hydroxylation is 1. The van der Waals surface area contributed by atoms with Crippen LogP contribution in [0.4, 0.5) is 5.69 Å². The van der Waals surface area contributed by atoms with Crippen LogP contribution in [0.15, 0.2) is 53.4 Å². The fraction of sp³-hybridized carbons (Fsp3) is 0.316. The Labute approximate surface area is 158 Å². The molecule has 5 nitrogen and oxygen atoms in total. The highest BCUT2D eigenvalue weighted by Crippen LogP contribution is 2.21. The Kier molecular flexibility index (Phi) is 5.84. The van der Waals surface area contributed by atoms with Gasteiger partial charge in [-0.25, -0.2) is 8.42 Å². The molecular weight excluding hydrogens is 372 g/mol. The Bertz CT molecular complexity index is 861. The van der Waals surface area contributed by atoms with Crippen molar-refractivity contribution >= 4 is 33.2 Å². The van der Waals surface area contributed by atoms with Gasteiger partial charge in [-0.3, -0.25) is 9.52 Å². The van der Waals surface area contributed by atoms with E-state index >= 15 is 0 Å². The van der Waals surface area contributed by atoms with E-state index in [-0.39, 0.29) is 16.8 Å². The highest BCUT2D eigenvalue weighted by molar-refractivity contribution is 7.92. The van der Waals surface area contributed by atoms with Crippen LogP contribution < -0.4 is 10.0 Å². The van der Waals surface area contributed by atoms with E-state index in [1.807, 2.05) is 0 Å². The van der Waals surface area contributed by atoms with Gasteiger partial charge in [-0.05, 0) is 67.6 Å². The number of sulfonamides is 1. The Morgan fingerprint density at radius 1 is 1.04 bits per heavy atom. The Morgan fingerprint density at radius 2 is 1.69 bits per heavy atom. The van der Waals surface area contributed by atoms with E-state index in [2.05, 4.69) is 10.0 Å². The molecule has 0 saturated heterocycles. The van der Waals surface area contributed by atoms with Crippen molar-refractivity contribution in [2.75, 3.05) is 10.6 Å². The van der Waals surface area contributed by atoms with E-state index in [4.69, 9.17) is 11.6 Å². The number of rotatable bonds is 8. The molecule has 1 aliphatic carbocycles. The lowest BCUT2D eigenvalue weighted by Gasteiger charge is -2.10. The predicted octanol–water partition coefficient (Wildman–Crippen LogP) is 3.55. The molecule has 26 heavy (non-hydrogen) atoms. The molecule has 2 N–H and O–H groups in total. The van der Waals surface area contributed by atoms with Crippen LogP contribution in [0.1, 0.15) is 35.2 Å². The molecule has 2 aromatic carbocycles. The van der Waals surface area contributed by atoms with Gasteiger partial charge in [-0.1, -0.05) is 12.1 Å². The molecule has 0 atom stereocenters. The summed E-state index contributed by atoms with van der Waals surface area (Å²) in [5.41, 5.74) is 1.98. The third-order valence-corrected chi connectivity index (χ3v) is 5.81. The smallest absolute Gasteiger partial charge is 0.261 e. The summed E-state index contributed by atoms with van der Waals surface area (Å²) in [6.45, 7) is 0. The molecule has 1 saturated carbocycles. The molecular formula is C19H21ClN2O3S. The first kappa shape index (κ1) is 18.7. The number of carbonyl (C=O) groups excluding carboxylic acids is 1. The van der Waals surface area contributed by atoms with Crippen molar-refractivity contribution in [1.29, 1.82) is 0 Å². The largest absolute Gasteiger partial charge is 0.349 e. The van der Waals surface area contributed by atoms with Gasteiger partial charge in [0, 0.05) is 23.2 Å².